The molecule has 1 N–H and O–H groups in total. The topological polar surface area (TPSA) is 69.1 Å². The Bertz CT molecular complexity index is 808. The number of pyridine rings is 1. The molecule has 0 radical (unpaired) electrons. The van der Waals surface area contributed by atoms with E-state index in [9.17, 15) is 9.90 Å². The van der Waals surface area contributed by atoms with Crippen molar-refractivity contribution in [1.82, 2.24) is 14.8 Å². The predicted molar refractivity (Wildman–Crippen MR) is 107 cm³/mol. The third kappa shape index (κ3) is 3.68. The van der Waals surface area contributed by atoms with Crippen molar-refractivity contribution < 1.29 is 14.6 Å². The Morgan fingerprint density at radius 2 is 1.79 bits per heavy atom. The van der Waals surface area contributed by atoms with Gasteiger partial charge in [0, 0.05) is 57.2 Å². The van der Waals surface area contributed by atoms with E-state index in [-0.39, 0.29) is 11.9 Å². The van der Waals surface area contributed by atoms with Crippen LogP contribution in [0.25, 0.3) is 0 Å². The van der Waals surface area contributed by atoms with Crippen LogP contribution in [0.4, 0.5) is 5.69 Å². The SMILES string of the molecule is COc1ccccc1N1CCN([C@H]2CN(C(=O)c3ccncc3)C[C@@H]2O)CC1. The first-order valence-electron chi connectivity index (χ1n) is 9.67. The van der Waals surface area contributed by atoms with Gasteiger partial charge in [-0.15, -0.1) is 0 Å². The highest BCUT2D eigenvalue weighted by molar-refractivity contribution is 5.94. The number of carbonyl (C=O) groups excluding carboxylic acids is 1. The third-order valence-corrected chi connectivity index (χ3v) is 5.68. The van der Waals surface area contributed by atoms with Crippen molar-refractivity contribution >= 4 is 11.6 Å². The lowest BCUT2D eigenvalue weighted by atomic mass is 10.1. The minimum atomic E-state index is -0.524. The van der Waals surface area contributed by atoms with E-state index in [0.717, 1.165) is 37.6 Å². The lowest BCUT2D eigenvalue weighted by Gasteiger charge is -2.40. The van der Waals surface area contributed by atoms with Gasteiger partial charge in [0.2, 0.25) is 0 Å². The van der Waals surface area contributed by atoms with Gasteiger partial charge in [0.15, 0.2) is 0 Å². The lowest BCUT2D eigenvalue weighted by Crippen LogP contribution is -2.53. The molecule has 0 spiro atoms. The summed E-state index contributed by atoms with van der Waals surface area (Å²) in [5, 5.41) is 10.6. The van der Waals surface area contributed by atoms with Gasteiger partial charge >= 0.3 is 0 Å². The van der Waals surface area contributed by atoms with Crippen LogP contribution in [-0.4, -0.2) is 84.3 Å². The quantitative estimate of drug-likeness (QED) is 0.854. The Morgan fingerprint density at radius 3 is 2.50 bits per heavy atom. The largest absolute Gasteiger partial charge is 0.495 e. The number of likely N-dealkylation sites (tertiary alicyclic amines) is 1. The molecule has 2 aromatic rings. The van der Waals surface area contributed by atoms with Gasteiger partial charge in [-0.05, 0) is 24.3 Å². The molecule has 1 aromatic carbocycles. The fraction of sp³-hybridized carbons (Fsp3) is 0.429. The van der Waals surface area contributed by atoms with Gasteiger partial charge < -0.3 is 19.6 Å². The molecule has 0 bridgehead atoms. The number of hydrogen-bond donors (Lipinski definition) is 1. The van der Waals surface area contributed by atoms with Crippen LogP contribution in [0.15, 0.2) is 48.8 Å². The van der Waals surface area contributed by atoms with Gasteiger partial charge in [0.1, 0.15) is 5.75 Å². The van der Waals surface area contributed by atoms with E-state index in [1.165, 1.54) is 0 Å². The molecule has 2 atom stereocenters. The fourth-order valence-corrected chi connectivity index (χ4v) is 4.16. The van der Waals surface area contributed by atoms with Crippen molar-refractivity contribution in [2.24, 2.45) is 0 Å². The standard InChI is InChI=1S/C21H26N4O3/c1-28-20-5-3-2-4-17(20)23-10-12-24(13-11-23)18-14-25(15-19(18)26)21(27)16-6-8-22-9-7-16/h2-9,18-19,26H,10-15H2,1H3/t18-,19-/m0/s1. The Balaban J connectivity index is 1.38. The summed E-state index contributed by atoms with van der Waals surface area (Å²) in [5.74, 6) is 0.836. The molecular weight excluding hydrogens is 356 g/mol. The van der Waals surface area contributed by atoms with Crippen molar-refractivity contribution in [2.45, 2.75) is 12.1 Å². The maximum atomic E-state index is 12.7. The van der Waals surface area contributed by atoms with Crippen LogP contribution in [0.2, 0.25) is 0 Å². The van der Waals surface area contributed by atoms with E-state index in [2.05, 4.69) is 20.9 Å². The zero-order valence-corrected chi connectivity index (χ0v) is 16.1. The Labute approximate surface area is 165 Å². The molecule has 0 aliphatic carbocycles. The molecular formula is C21H26N4O3. The van der Waals surface area contributed by atoms with Gasteiger partial charge in [-0.1, -0.05) is 12.1 Å². The van der Waals surface area contributed by atoms with Crippen LogP contribution >= 0.6 is 0 Å². The molecule has 0 unspecified atom stereocenters. The smallest absolute Gasteiger partial charge is 0.254 e. The van der Waals surface area contributed by atoms with E-state index in [4.69, 9.17) is 4.74 Å². The molecule has 28 heavy (non-hydrogen) atoms. The van der Waals surface area contributed by atoms with Gasteiger partial charge in [-0.3, -0.25) is 14.7 Å². The molecule has 7 nitrogen and oxygen atoms in total. The first kappa shape index (κ1) is 18.7. The van der Waals surface area contributed by atoms with Gasteiger partial charge in [0.05, 0.1) is 24.9 Å². The molecule has 4 rings (SSSR count). The number of para-hydroxylation sites is 2. The second-order valence-corrected chi connectivity index (χ2v) is 7.28. The highest BCUT2D eigenvalue weighted by Gasteiger charge is 2.39. The number of β-amino-alcohol motifs (C(OH)–C–C–N with tert-alkyl or cyclic N) is 1. The van der Waals surface area contributed by atoms with Crippen LogP contribution in [-0.2, 0) is 0 Å². The average Bonchev–Trinajstić information content (AvgIpc) is 3.15. The van der Waals surface area contributed by atoms with Crippen molar-refractivity contribution in [3.05, 3.63) is 54.4 Å². The molecule has 2 saturated heterocycles. The van der Waals surface area contributed by atoms with Crippen LogP contribution in [0.1, 0.15) is 10.4 Å². The minimum Gasteiger partial charge on any atom is -0.495 e. The number of aliphatic hydroxyl groups is 1. The van der Waals surface area contributed by atoms with Crippen molar-refractivity contribution in [2.75, 3.05) is 51.3 Å². The Hall–Kier alpha value is -2.64. The first-order valence-corrected chi connectivity index (χ1v) is 9.67. The number of ether oxygens (including phenoxy) is 1. The van der Waals surface area contributed by atoms with Crippen molar-refractivity contribution in [1.29, 1.82) is 0 Å². The summed E-state index contributed by atoms with van der Waals surface area (Å²) < 4.78 is 5.48. The maximum absolute atomic E-state index is 12.7. The highest BCUT2D eigenvalue weighted by Crippen LogP contribution is 2.29. The summed E-state index contributed by atoms with van der Waals surface area (Å²) in [6.07, 6.45) is 2.71. The van der Waals surface area contributed by atoms with E-state index in [1.54, 1.807) is 36.5 Å². The van der Waals surface area contributed by atoms with E-state index < -0.39 is 6.10 Å². The lowest BCUT2D eigenvalue weighted by molar-refractivity contribution is 0.0754. The summed E-state index contributed by atoms with van der Waals surface area (Å²) in [7, 11) is 1.69. The van der Waals surface area contributed by atoms with E-state index in [1.807, 2.05) is 18.2 Å². The summed E-state index contributed by atoms with van der Waals surface area (Å²) in [5.41, 5.74) is 1.72. The van der Waals surface area contributed by atoms with E-state index in [0.29, 0.717) is 18.7 Å². The predicted octanol–water partition coefficient (Wildman–Crippen LogP) is 1.10. The number of amides is 1. The first-order chi connectivity index (χ1) is 13.7. The molecule has 2 aliphatic rings. The Kier molecular flexibility index (Phi) is 5.45. The summed E-state index contributed by atoms with van der Waals surface area (Å²) >= 11 is 0. The molecule has 2 fully saturated rings. The molecule has 1 aromatic heterocycles. The highest BCUT2D eigenvalue weighted by atomic mass is 16.5. The average molecular weight is 382 g/mol. The normalized spacial score (nSPS) is 23.1. The minimum absolute atomic E-state index is 0.0226. The van der Waals surface area contributed by atoms with Crippen LogP contribution in [0, 0.1) is 0 Å². The van der Waals surface area contributed by atoms with Crippen LogP contribution in [0.5, 0.6) is 5.75 Å². The molecule has 3 heterocycles. The van der Waals surface area contributed by atoms with E-state index >= 15 is 0 Å². The number of nitrogens with zero attached hydrogens (tertiary/aromatic N) is 4. The number of aromatic nitrogens is 1. The molecule has 1 amide bonds. The number of hydrogen-bond acceptors (Lipinski definition) is 6. The monoisotopic (exact) mass is 382 g/mol. The zero-order chi connectivity index (χ0) is 19.5. The number of benzene rings is 1. The third-order valence-electron chi connectivity index (χ3n) is 5.68. The molecule has 7 heteroatoms. The summed E-state index contributed by atoms with van der Waals surface area (Å²) in [4.78, 5) is 23.0. The number of anilines is 1. The number of piperazine rings is 1. The van der Waals surface area contributed by atoms with Gasteiger partial charge in [-0.25, -0.2) is 0 Å². The number of carbonyl (C=O) groups is 1. The van der Waals surface area contributed by atoms with Gasteiger partial charge in [-0.2, -0.15) is 0 Å². The second-order valence-electron chi connectivity index (χ2n) is 7.28. The zero-order valence-electron chi connectivity index (χ0n) is 16.1. The van der Waals surface area contributed by atoms with Crippen molar-refractivity contribution in [3.8, 4) is 5.75 Å². The molecule has 2 aliphatic heterocycles. The second kappa shape index (κ2) is 8.16. The number of rotatable bonds is 4. The summed E-state index contributed by atoms with van der Waals surface area (Å²) in [6.45, 7) is 4.34. The summed E-state index contributed by atoms with van der Waals surface area (Å²) in [6, 6.07) is 11.5. The molecule has 0 saturated carbocycles. The van der Waals surface area contributed by atoms with Gasteiger partial charge in [0.25, 0.3) is 5.91 Å². The number of aliphatic hydroxyl groups excluding tert-OH is 1. The van der Waals surface area contributed by atoms with Crippen molar-refractivity contribution in [3.63, 3.8) is 0 Å². The Morgan fingerprint density at radius 1 is 1.07 bits per heavy atom. The fourth-order valence-electron chi connectivity index (χ4n) is 4.16. The molecule has 148 valence electrons. The number of methoxy groups -OCH3 is 1. The van der Waals surface area contributed by atoms with Crippen LogP contribution < -0.4 is 9.64 Å². The maximum Gasteiger partial charge on any atom is 0.254 e. The van der Waals surface area contributed by atoms with Crippen LogP contribution in [0.3, 0.4) is 0 Å².